The Hall–Kier alpha value is -2.39. The summed E-state index contributed by atoms with van der Waals surface area (Å²) in [4.78, 5) is 16.9. The van der Waals surface area contributed by atoms with E-state index in [0.29, 0.717) is 12.5 Å². The normalized spacial score (nSPS) is 17.7. The van der Waals surface area contributed by atoms with E-state index >= 15 is 0 Å². The summed E-state index contributed by atoms with van der Waals surface area (Å²) in [5, 5.41) is 13.4. The molecule has 1 aliphatic carbocycles. The fourth-order valence-electron chi connectivity index (χ4n) is 4.35. The third-order valence-corrected chi connectivity index (χ3v) is 6.99. The molecule has 1 N–H and O–H groups in total. The van der Waals surface area contributed by atoms with Gasteiger partial charge >= 0.3 is 0 Å². The van der Waals surface area contributed by atoms with Gasteiger partial charge in [-0.1, -0.05) is 36.3 Å². The van der Waals surface area contributed by atoms with Crippen molar-refractivity contribution in [3.05, 3.63) is 28.8 Å². The number of nitrogens with zero attached hydrogens (tertiary/aromatic N) is 4. The van der Waals surface area contributed by atoms with Gasteiger partial charge < -0.3 is 19.7 Å². The van der Waals surface area contributed by atoms with Gasteiger partial charge in [0, 0.05) is 44.3 Å². The summed E-state index contributed by atoms with van der Waals surface area (Å²) in [5.41, 5.74) is 1.13. The first-order chi connectivity index (χ1) is 15.2. The molecule has 0 bridgehead atoms. The zero-order valence-electron chi connectivity index (χ0n) is 18.3. The van der Waals surface area contributed by atoms with Crippen LogP contribution in [0.2, 0.25) is 0 Å². The highest BCUT2D eigenvalue weighted by Crippen LogP contribution is 2.32. The number of piperazine rings is 1. The molecule has 2 aromatic rings. The maximum absolute atomic E-state index is 12.3. The third-order valence-electron chi connectivity index (χ3n) is 6.01. The number of carbonyl (C=O) groups is 1. The average molecular weight is 446 g/mol. The Morgan fingerprint density at radius 1 is 1.13 bits per heavy atom. The fraction of sp³-hybridized carbons (Fsp3) is 0.591. The standard InChI is InChI=1S/C22H31N5O3S/c1-29-18-9-5-6-16(21(18)30-2)15-26-10-12-27(13-11-26)22-25-24-20(31-22)14-19(28)23-17-7-3-4-8-17/h5-6,9,17H,3-4,7-8,10-15H2,1-2H3,(H,23,28). The molecule has 2 heterocycles. The van der Waals surface area contributed by atoms with Crippen molar-refractivity contribution in [2.24, 2.45) is 0 Å². The highest BCUT2D eigenvalue weighted by molar-refractivity contribution is 7.15. The Kier molecular flexibility index (Phi) is 7.24. The summed E-state index contributed by atoms with van der Waals surface area (Å²) in [7, 11) is 3.34. The second-order valence-corrected chi connectivity index (χ2v) is 9.16. The molecule has 1 amide bonds. The van der Waals surface area contributed by atoms with Gasteiger partial charge in [-0.3, -0.25) is 9.69 Å². The Balaban J connectivity index is 1.28. The van der Waals surface area contributed by atoms with Crippen LogP contribution in [0.15, 0.2) is 18.2 Å². The molecule has 1 aromatic heterocycles. The molecule has 1 saturated carbocycles. The third kappa shape index (κ3) is 5.46. The van der Waals surface area contributed by atoms with Gasteiger partial charge in [-0.05, 0) is 18.9 Å². The molecule has 1 saturated heterocycles. The predicted molar refractivity (Wildman–Crippen MR) is 121 cm³/mol. The second-order valence-electron chi connectivity index (χ2n) is 8.12. The Morgan fingerprint density at radius 3 is 2.61 bits per heavy atom. The van der Waals surface area contributed by atoms with Crippen LogP contribution in [-0.4, -0.2) is 67.4 Å². The molecule has 1 aromatic carbocycles. The van der Waals surface area contributed by atoms with Crippen molar-refractivity contribution in [1.82, 2.24) is 20.4 Å². The number of methoxy groups -OCH3 is 2. The van der Waals surface area contributed by atoms with Crippen LogP contribution in [0.5, 0.6) is 11.5 Å². The van der Waals surface area contributed by atoms with Gasteiger partial charge in [-0.25, -0.2) is 0 Å². The van der Waals surface area contributed by atoms with Crippen molar-refractivity contribution in [2.75, 3.05) is 45.3 Å². The van der Waals surface area contributed by atoms with E-state index in [9.17, 15) is 4.79 Å². The number of anilines is 1. The van der Waals surface area contributed by atoms with Crippen LogP contribution in [-0.2, 0) is 17.8 Å². The fourth-order valence-corrected chi connectivity index (χ4v) is 5.24. The van der Waals surface area contributed by atoms with Crippen molar-refractivity contribution >= 4 is 22.4 Å². The van der Waals surface area contributed by atoms with E-state index in [1.807, 2.05) is 12.1 Å². The maximum Gasteiger partial charge on any atom is 0.227 e. The number of nitrogens with one attached hydrogen (secondary N) is 1. The average Bonchev–Trinajstić information content (AvgIpc) is 3.46. The molecule has 31 heavy (non-hydrogen) atoms. The summed E-state index contributed by atoms with van der Waals surface area (Å²) in [6.45, 7) is 4.44. The molecule has 1 aliphatic heterocycles. The zero-order valence-corrected chi connectivity index (χ0v) is 19.1. The van der Waals surface area contributed by atoms with Gasteiger partial charge in [-0.15, -0.1) is 10.2 Å². The van der Waals surface area contributed by atoms with Gasteiger partial charge in [-0.2, -0.15) is 0 Å². The smallest absolute Gasteiger partial charge is 0.227 e. The first kappa shape index (κ1) is 21.8. The lowest BCUT2D eigenvalue weighted by atomic mass is 10.1. The van der Waals surface area contributed by atoms with E-state index in [4.69, 9.17) is 9.47 Å². The Morgan fingerprint density at radius 2 is 1.90 bits per heavy atom. The van der Waals surface area contributed by atoms with E-state index < -0.39 is 0 Å². The minimum absolute atomic E-state index is 0.0617. The number of aromatic nitrogens is 2. The summed E-state index contributed by atoms with van der Waals surface area (Å²) < 4.78 is 11.0. The largest absolute Gasteiger partial charge is 0.493 e. The first-order valence-electron chi connectivity index (χ1n) is 10.9. The van der Waals surface area contributed by atoms with Crippen LogP contribution in [0.1, 0.15) is 36.3 Å². The number of carbonyl (C=O) groups excluding carboxylic acids is 1. The van der Waals surface area contributed by atoms with Crippen molar-refractivity contribution in [3.63, 3.8) is 0 Å². The van der Waals surface area contributed by atoms with Gasteiger partial charge in [0.1, 0.15) is 5.01 Å². The molecule has 4 rings (SSSR count). The van der Waals surface area contributed by atoms with Crippen LogP contribution < -0.4 is 19.7 Å². The molecule has 0 unspecified atom stereocenters. The molecule has 0 spiro atoms. The van der Waals surface area contributed by atoms with Crippen molar-refractivity contribution in [2.45, 2.75) is 44.7 Å². The lowest BCUT2D eigenvalue weighted by Crippen LogP contribution is -2.46. The highest BCUT2D eigenvalue weighted by Gasteiger charge is 2.23. The number of hydrogen-bond acceptors (Lipinski definition) is 8. The predicted octanol–water partition coefficient (Wildman–Crippen LogP) is 2.48. The molecule has 2 aliphatic rings. The van der Waals surface area contributed by atoms with Gasteiger partial charge in [0.05, 0.1) is 20.6 Å². The minimum atomic E-state index is 0.0617. The van der Waals surface area contributed by atoms with E-state index in [2.05, 4.69) is 31.4 Å². The van der Waals surface area contributed by atoms with E-state index in [1.54, 1.807) is 14.2 Å². The van der Waals surface area contributed by atoms with Gasteiger partial charge in [0.25, 0.3) is 0 Å². The summed E-state index contributed by atoms with van der Waals surface area (Å²) in [6, 6.07) is 6.34. The number of hydrogen-bond donors (Lipinski definition) is 1. The molecule has 168 valence electrons. The van der Waals surface area contributed by atoms with Gasteiger partial charge in [0.2, 0.25) is 11.0 Å². The van der Waals surface area contributed by atoms with E-state index in [0.717, 1.165) is 72.8 Å². The molecular weight excluding hydrogens is 414 g/mol. The van der Waals surface area contributed by atoms with Crippen LogP contribution in [0.3, 0.4) is 0 Å². The molecule has 9 heteroatoms. The molecule has 2 fully saturated rings. The van der Waals surface area contributed by atoms with E-state index in [1.165, 1.54) is 24.2 Å². The highest BCUT2D eigenvalue weighted by atomic mass is 32.1. The lowest BCUT2D eigenvalue weighted by molar-refractivity contribution is -0.121. The van der Waals surface area contributed by atoms with Gasteiger partial charge in [0.15, 0.2) is 11.5 Å². The number of benzene rings is 1. The Bertz CT molecular complexity index is 876. The van der Waals surface area contributed by atoms with Crippen LogP contribution in [0.4, 0.5) is 5.13 Å². The summed E-state index contributed by atoms with van der Waals surface area (Å²) in [6.07, 6.45) is 4.94. The zero-order chi connectivity index (χ0) is 21.6. The van der Waals surface area contributed by atoms with Crippen LogP contribution in [0, 0.1) is 0 Å². The van der Waals surface area contributed by atoms with Crippen LogP contribution in [0.25, 0.3) is 0 Å². The van der Waals surface area contributed by atoms with Crippen molar-refractivity contribution in [3.8, 4) is 11.5 Å². The number of amides is 1. The lowest BCUT2D eigenvalue weighted by Gasteiger charge is -2.34. The minimum Gasteiger partial charge on any atom is -0.493 e. The summed E-state index contributed by atoms with van der Waals surface area (Å²) in [5.74, 6) is 1.63. The number of para-hydroxylation sites is 1. The van der Waals surface area contributed by atoms with Crippen LogP contribution >= 0.6 is 11.3 Å². The number of rotatable bonds is 8. The Labute approximate surface area is 187 Å². The van der Waals surface area contributed by atoms with Crippen molar-refractivity contribution < 1.29 is 14.3 Å². The summed E-state index contributed by atoms with van der Waals surface area (Å²) >= 11 is 1.53. The van der Waals surface area contributed by atoms with Crippen molar-refractivity contribution in [1.29, 1.82) is 0 Å². The topological polar surface area (TPSA) is 79.8 Å². The van der Waals surface area contributed by atoms with E-state index in [-0.39, 0.29) is 5.91 Å². The quantitative estimate of drug-likeness (QED) is 0.669. The molecule has 0 atom stereocenters. The number of ether oxygens (including phenoxy) is 2. The SMILES string of the molecule is COc1cccc(CN2CCN(c3nnc(CC(=O)NC4CCCC4)s3)CC2)c1OC. The molecule has 0 radical (unpaired) electrons. The first-order valence-corrected chi connectivity index (χ1v) is 11.8. The second kappa shape index (κ2) is 10.3. The maximum atomic E-state index is 12.3. The molecular formula is C22H31N5O3S. The molecule has 8 nitrogen and oxygen atoms in total. The monoisotopic (exact) mass is 445 g/mol.